The topological polar surface area (TPSA) is 27.7 Å². The quantitative estimate of drug-likeness (QED) is 0.545. The molecule has 0 rings (SSSR count). The van der Waals surface area contributed by atoms with Crippen molar-refractivity contribution < 1.29 is 14.2 Å². The van der Waals surface area contributed by atoms with Crippen molar-refractivity contribution in [3.8, 4) is 0 Å². The smallest absolute Gasteiger partial charge is 0.0703 e. The van der Waals surface area contributed by atoms with Crippen LogP contribution in [-0.2, 0) is 14.2 Å². The summed E-state index contributed by atoms with van der Waals surface area (Å²) in [6.45, 7) is 8.35. The fourth-order valence-electron chi connectivity index (χ4n) is 0.773. The molecule has 0 unspecified atom stereocenters. The molecule has 0 spiro atoms. The van der Waals surface area contributed by atoms with Crippen molar-refractivity contribution >= 4 is 7.92 Å². The van der Waals surface area contributed by atoms with Crippen LogP contribution in [0.4, 0.5) is 0 Å². The average Bonchev–Trinajstić information content (AvgIpc) is 2.17. The van der Waals surface area contributed by atoms with Gasteiger partial charge in [0.15, 0.2) is 0 Å². The van der Waals surface area contributed by atoms with Crippen molar-refractivity contribution in [1.29, 1.82) is 0 Å². The van der Waals surface area contributed by atoms with Crippen molar-refractivity contribution in [3.63, 3.8) is 0 Å². The van der Waals surface area contributed by atoms with Gasteiger partial charge in [0.1, 0.15) is 0 Å². The maximum atomic E-state index is 5.36. The second-order valence-electron chi connectivity index (χ2n) is 2.54. The zero-order valence-electron chi connectivity index (χ0n) is 8.91. The monoisotopic (exact) mass is 208 g/mol. The van der Waals surface area contributed by atoms with E-state index in [9.17, 15) is 0 Å². The molecule has 0 amide bonds. The Balaban J connectivity index is 3.47. The molecule has 80 valence electrons. The molecule has 13 heavy (non-hydrogen) atoms. The fourth-order valence-corrected chi connectivity index (χ4v) is 2.32. The van der Waals surface area contributed by atoms with Crippen LogP contribution in [0, 0.1) is 0 Å². The molecule has 0 aliphatic carbocycles. The first-order valence-electron chi connectivity index (χ1n) is 4.80. The summed E-state index contributed by atoms with van der Waals surface area (Å²) >= 11 is 0. The average molecular weight is 208 g/mol. The summed E-state index contributed by atoms with van der Waals surface area (Å²) in [4.78, 5) is 0. The van der Waals surface area contributed by atoms with Crippen LogP contribution < -0.4 is 0 Å². The van der Waals surface area contributed by atoms with Crippen molar-refractivity contribution in [2.45, 2.75) is 20.8 Å². The van der Waals surface area contributed by atoms with Gasteiger partial charge in [0.05, 0.1) is 19.0 Å². The van der Waals surface area contributed by atoms with E-state index in [-0.39, 0.29) is 7.92 Å². The van der Waals surface area contributed by atoms with Gasteiger partial charge in [-0.15, -0.1) is 0 Å². The molecular formula is C9H21O3P. The lowest BCUT2D eigenvalue weighted by atomic mass is 10.9. The molecule has 0 atom stereocenters. The van der Waals surface area contributed by atoms with Crippen LogP contribution in [0.3, 0.4) is 0 Å². The molecule has 0 bridgehead atoms. The van der Waals surface area contributed by atoms with Crippen molar-refractivity contribution in [2.75, 3.05) is 38.9 Å². The van der Waals surface area contributed by atoms with E-state index in [1.54, 1.807) is 0 Å². The summed E-state index contributed by atoms with van der Waals surface area (Å²) < 4.78 is 16.1. The SMILES string of the molecule is CCOCP(COCC)COCC. The van der Waals surface area contributed by atoms with Crippen LogP contribution in [0.2, 0.25) is 0 Å². The molecule has 4 heteroatoms. The fraction of sp³-hybridized carbons (Fsp3) is 1.00. The van der Waals surface area contributed by atoms with Gasteiger partial charge in [0.25, 0.3) is 0 Å². The van der Waals surface area contributed by atoms with E-state index in [1.807, 2.05) is 20.8 Å². The molecular weight excluding hydrogens is 187 g/mol. The lowest BCUT2D eigenvalue weighted by Gasteiger charge is -2.16. The Hall–Kier alpha value is 0.310. The first-order valence-corrected chi connectivity index (χ1v) is 6.70. The number of rotatable bonds is 9. The molecule has 0 aliphatic rings. The van der Waals surface area contributed by atoms with Gasteiger partial charge in [0, 0.05) is 19.8 Å². The minimum Gasteiger partial charge on any atom is -0.377 e. The Labute approximate surface area is 82.5 Å². The molecule has 0 aromatic carbocycles. The number of ether oxygens (including phenoxy) is 3. The Morgan fingerprint density at radius 3 is 1.23 bits per heavy atom. The summed E-state index contributed by atoms with van der Waals surface area (Å²) in [5.41, 5.74) is 0. The molecule has 0 radical (unpaired) electrons. The maximum Gasteiger partial charge on any atom is 0.0703 e. The lowest BCUT2D eigenvalue weighted by Crippen LogP contribution is -2.04. The van der Waals surface area contributed by atoms with Crippen LogP contribution in [0.5, 0.6) is 0 Å². The van der Waals surface area contributed by atoms with Gasteiger partial charge in [-0.25, -0.2) is 0 Å². The van der Waals surface area contributed by atoms with Crippen LogP contribution in [0.15, 0.2) is 0 Å². The Morgan fingerprint density at radius 1 is 0.692 bits per heavy atom. The summed E-state index contributed by atoms with van der Waals surface area (Å²) in [6.07, 6.45) is 2.39. The minimum atomic E-state index is -0.245. The Morgan fingerprint density at radius 2 is 1.00 bits per heavy atom. The zero-order chi connectivity index (χ0) is 9.94. The predicted molar refractivity (Wildman–Crippen MR) is 56.4 cm³/mol. The van der Waals surface area contributed by atoms with Crippen LogP contribution >= 0.6 is 7.92 Å². The molecule has 0 aliphatic heterocycles. The van der Waals surface area contributed by atoms with Gasteiger partial charge in [-0.3, -0.25) is 0 Å². The largest absolute Gasteiger partial charge is 0.377 e. The first kappa shape index (κ1) is 13.3. The zero-order valence-corrected chi connectivity index (χ0v) is 9.81. The summed E-state index contributed by atoms with van der Waals surface area (Å²) in [5, 5.41) is 0. The van der Waals surface area contributed by atoms with Gasteiger partial charge in [-0.05, 0) is 28.7 Å². The molecule has 0 fully saturated rings. The standard InChI is InChI=1S/C9H21O3P/c1-4-10-7-13(8-11-5-2)9-12-6-3/h4-9H2,1-3H3. The van der Waals surface area contributed by atoms with E-state index in [1.165, 1.54) is 0 Å². The van der Waals surface area contributed by atoms with Gasteiger partial charge in [-0.2, -0.15) is 0 Å². The maximum absolute atomic E-state index is 5.36. The van der Waals surface area contributed by atoms with E-state index in [0.29, 0.717) is 0 Å². The van der Waals surface area contributed by atoms with E-state index >= 15 is 0 Å². The molecule has 0 N–H and O–H groups in total. The Bertz CT molecular complexity index is 81.8. The van der Waals surface area contributed by atoms with Crippen LogP contribution in [0.1, 0.15) is 20.8 Å². The van der Waals surface area contributed by atoms with Gasteiger partial charge >= 0.3 is 0 Å². The molecule has 0 aromatic rings. The lowest BCUT2D eigenvalue weighted by molar-refractivity contribution is 0.159. The van der Waals surface area contributed by atoms with E-state index in [0.717, 1.165) is 38.9 Å². The summed E-state index contributed by atoms with van der Waals surface area (Å²) in [7, 11) is -0.245. The van der Waals surface area contributed by atoms with Crippen LogP contribution in [0.25, 0.3) is 0 Å². The normalized spacial score (nSPS) is 11.1. The van der Waals surface area contributed by atoms with Crippen molar-refractivity contribution in [1.82, 2.24) is 0 Å². The number of hydrogen-bond donors (Lipinski definition) is 0. The molecule has 0 saturated carbocycles. The highest BCUT2D eigenvalue weighted by atomic mass is 31.1. The van der Waals surface area contributed by atoms with Gasteiger partial charge in [0.2, 0.25) is 0 Å². The van der Waals surface area contributed by atoms with Gasteiger partial charge in [-0.1, -0.05) is 0 Å². The van der Waals surface area contributed by atoms with E-state index in [4.69, 9.17) is 14.2 Å². The third-order valence-electron chi connectivity index (χ3n) is 1.43. The highest BCUT2D eigenvalue weighted by Crippen LogP contribution is 2.35. The van der Waals surface area contributed by atoms with Gasteiger partial charge < -0.3 is 14.2 Å². The van der Waals surface area contributed by atoms with E-state index in [2.05, 4.69) is 0 Å². The predicted octanol–water partition coefficient (Wildman–Crippen LogP) is 2.45. The third kappa shape index (κ3) is 8.63. The summed E-state index contributed by atoms with van der Waals surface area (Å²) in [6, 6.07) is 0. The van der Waals surface area contributed by atoms with Crippen molar-refractivity contribution in [3.05, 3.63) is 0 Å². The van der Waals surface area contributed by atoms with E-state index < -0.39 is 0 Å². The molecule has 3 nitrogen and oxygen atoms in total. The molecule has 0 heterocycles. The minimum absolute atomic E-state index is 0.245. The Kier molecular flexibility index (Phi) is 10.6. The third-order valence-corrected chi connectivity index (χ3v) is 3.08. The van der Waals surface area contributed by atoms with Crippen molar-refractivity contribution in [2.24, 2.45) is 0 Å². The summed E-state index contributed by atoms with van der Waals surface area (Å²) in [5.74, 6) is 0. The first-order chi connectivity index (χ1) is 6.35. The highest BCUT2D eigenvalue weighted by Gasteiger charge is 2.07. The molecule has 0 saturated heterocycles. The second kappa shape index (κ2) is 10.4. The highest BCUT2D eigenvalue weighted by molar-refractivity contribution is 7.57. The molecule has 0 aromatic heterocycles. The second-order valence-corrected chi connectivity index (χ2v) is 4.65. The van der Waals surface area contributed by atoms with Crippen LogP contribution in [-0.4, -0.2) is 38.9 Å². The number of hydrogen-bond acceptors (Lipinski definition) is 3.